The lowest BCUT2D eigenvalue weighted by atomic mass is 10.2. The van der Waals surface area contributed by atoms with Crippen molar-refractivity contribution >= 4 is 21.8 Å². The van der Waals surface area contributed by atoms with Crippen LogP contribution in [0.25, 0.3) is 0 Å². The van der Waals surface area contributed by atoms with Crippen molar-refractivity contribution in [3.63, 3.8) is 0 Å². The molecule has 0 N–H and O–H groups in total. The van der Waals surface area contributed by atoms with Crippen LogP contribution in [0.3, 0.4) is 0 Å². The minimum atomic E-state index is -4.03. The highest BCUT2D eigenvalue weighted by atomic mass is 32.2. The Kier molecular flexibility index (Phi) is 6.21. The summed E-state index contributed by atoms with van der Waals surface area (Å²) in [5.41, 5.74) is 0.927. The lowest BCUT2D eigenvalue weighted by molar-refractivity contribution is -0.137. The van der Waals surface area contributed by atoms with Gasteiger partial charge in [0.05, 0.1) is 4.90 Å². The molecular weight excluding hydrogens is 340 g/mol. The molecule has 7 heteroatoms. The number of sulfonamides is 1. The fraction of sp³-hybridized carbons (Fsp3) is 0.556. The third-order valence-corrected chi connectivity index (χ3v) is 6.17. The quantitative estimate of drug-likeness (QED) is 0.742. The van der Waals surface area contributed by atoms with Crippen molar-refractivity contribution in [2.24, 2.45) is 0 Å². The molecule has 0 saturated carbocycles. The first-order valence-corrected chi connectivity index (χ1v) is 10.2. The Morgan fingerprint density at radius 2 is 1.72 bits per heavy atom. The van der Waals surface area contributed by atoms with Crippen LogP contribution < -0.4 is 0 Å². The molecular formula is C18H26N2O4S. The molecule has 1 atom stereocenters. The lowest BCUT2D eigenvalue weighted by Crippen LogP contribution is -2.49. The number of nitrogens with zero attached hydrogens (tertiary/aromatic N) is 2. The van der Waals surface area contributed by atoms with Gasteiger partial charge in [0.1, 0.15) is 6.04 Å². The summed E-state index contributed by atoms with van der Waals surface area (Å²) in [6.45, 7) is 6.93. The summed E-state index contributed by atoms with van der Waals surface area (Å²) in [5.74, 6) is -0.780. The number of aryl methyl sites for hydroxylation is 1. The van der Waals surface area contributed by atoms with E-state index >= 15 is 0 Å². The Labute approximate surface area is 149 Å². The molecule has 1 heterocycles. The average molecular weight is 366 g/mol. The predicted octanol–water partition coefficient (Wildman–Crippen LogP) is 2.32. The predicted molar refractivity (Wildman–Crippen MR) is 95.4 cm³/mol. The Morgan fingerprint density at radius 1 is 1.16 bits per heavy atom. The topological polar surface area (TPSA) is 74.8 Å². The molecule has 6 nitrogen and oxygen atoms in total. The lowest BCUT2D eigenvalue weighted by Gasteiger charge is -2.29. The van der Waals surface area contributed by atoms with E-state index in [9.17, 15) is 18.0 Å². The number of benzene rings is 1. The van der Waals surface area contributed by atoms with Gasteiger partial charge < -0.3 is 4.90 Å². The summed E-state index contributed by atoms with van der Waals surface area (Å²) < 4.78 is 26.7. The first-order valence-electron chi connectivity index (χ1n) is 8.75. The fourth-order valence-electron chi connectivity index (χ4n) is 3.09. The first-order chi connectivity index (χ1) is 11.8. The molecule has 0 spiro atoms. The van der Waals surface area contributed by atoms with E-state index in [1.54, 1.807) is 17.0 Å². The van der Waals surface area contributed by atoms with Crippen molar-refractivity contribution in [1.29, 1.82) is 0 Å². The zero-order valence-electron chi connectivity index (χ0n) is 15.1. The highest BCUT2D eigenvalue weighted by Crippen LogP contribution is 2.28. The Bertz CT molecular complexity index is 722. The van der Waals surface area contributed by atoms with Crippen LogP contribution in [0.5, 0.6) is 0 Å². The van der Waals surface area contributed by atoms with Crippen molar-refractivity contribution in [3.05, 3.63) is 29.8 Å². The normalized spacial score (nSPS) is 17.8. The second-order valence-electron chi connectivity index (χ2n) is 6.39. The van der Waals surface area contributed by atoms with Crippen LogP contribution >= 0.6 is 0 Å². The highest BCUT2D eigenvalue weighted by Gasteiger charge is 2.45. The molecule has 0 aliphatic carbocycles. The standard InChI is InChI=1S/C18H26N2O4S/c1-4-12-19(13-5-2)18(22)16-10-11-17(21)20(16)25(23,24)15-8-6-14(3)7-9-15/h6-9,16H,4-5,10-13H2,1-3H3/t16-/m0/s1. The van der Waals surface area contributed by atoms with Gasteiger partial charge in [0.25, 0.3) is 10.0 Å². The van der Waals surface area contributed by atoms with Crippen molar-refractivity contribution in [2.45, 2.75) is 57.4 Å². The molecule has 2 rings (SSSR count). The largest absolute Gasteiger partial charge is 0.341 e. The van der Waals surface area contributed by atoms with Crippen LogP contribution in [0.4, 0.5) is 0 Å². The smallest absolute Gasteiger partial charge is 0.267 e. The van der Waals surface area contributed by atoms with Crippen LogP contribution in [0.2, 0.25) is 0 Å². The van der Waals surface area contributed by atoms with Gasteiger partial charge in [0, 0.05) is 19.5 Å². The number of carbonyl (C=O) groups is 2. The molecule has 1 saturated heterocycles. The summed E-state index contributed by atoms with van der Waals surface area (Å²) in [4.78, 5) is 26.9. The number of carbonyl (C=O) groups excluding carboxylic acids is 2. The molecule has 1 aromatic rings. The number of rotatable bonds is 7. The Balaban J connectivity index is 2.35. The van der Waals surface area contributed by atoms with E-state index in [2.05, 4.69) is 0 Å². The zero-order valence-corrected chi connectivity index (χ0v) is 15.9. The van der Waals surface area contributed by atoms with Crippen molar-refractivity contribution in [1.82, 2.24) is 9.21 Å². The van der Waals surface area contributed by atoms with E-state index < -0.39 is 22.0 Å². The maximum atomic E-state index is 12.9. The zero-order chi connectivity index (χ0) is 18.6. The van der Waals surface area contributed by atoms with Gasteiger partial charge in [-0.2, -0.15) is 0 Å². The van der Waals surface area contributed by atoms with Gasteiger partial charge in [-0.25, -0.2) is 12.7 Å². The van der Waals surface area contributed by atoms with Gasteiger partial charge in [-0.3, -0.25) is 9.59 Å². The Hall–Kier alpha value is -1.89. The third kappa shape index (κ3) is 4.03. The molecule has 138 valence electrons. The van der Waals surface area contributed by atoms with Gasteiger partial charge in [0.15, 0.2) is 0 Å². The summed E-state index contributed by atoms with van der Waals surface area (Å²) in [6, 6.07) is 5.40. The Morgan fingerprint density at radius 3 is 2.24 bits per heavy atom. The maximum absolute atomic E-state index is 12.9. The summed E-state index contributed by atoms with van der Waals surface area (Å²) in [7, 11) is -4.03. The summed E-state index contributed by atoms with van der Waals surface area (Å²) in [6.07, 6.45) is 1.90. The minimum Gasteiger partial charge on any atom is -0.341 e. The van der Waals surface area contributed by atoms with E-state index in [-0.39, 0.29) is 23.6 Å². The molecule has 0 bridgehead atoms. The van der Waals surface area contributed by atoms with E-state index in [1.807, 2.05) is 20.8 Å². The van der Waals surface area contributed by atoms with E-state index in [4.69, 9.17) is 0 Å². The molecule has 2 amide bonds. The van der Waals surface area contributed by atoms with Crippen LogP contribution in [0.1, 0.15) is 45.1 Å². The minimum absolute atomic E-state index is 0.0451. The molecule has 25 heavy (non-hydrogen) atoms. The number of amides is 2. The summed E-state index contributed by atoms with van der Waals surface area (Å²) in [5, 5.41) is 0. The van der Waals surface area contributed by atoms with Crippen molar-refractivity contribution < 1.29 is 18.0 Å². The second-order valence-corrected chi connectivity index (χ2v) is 8.20. The molecule has 0 radical (unpaired) electrons. The van der Waals surface area contributed by atoms with Crippen molar-refractivity contribution in [3.8, 4) is 0 Å². The van der Waals surface area contributed by atoms with Crippen LogP contribution in [0, 0.1) is 6.92 Å². The molecule has 0 aromatic heterocycles. The molecule has 1 aliphatic heterocycles. The van der Waals surface area contributed by atoms with E-state index in [0.717, 1.165) is 22.7 Å². The second kappa shape index (κ2) is 7.99. The highest BCUT2D eigenvalue weighted by molar-refractivity contribution is 7.89. The van der Waals surface area contributed by atoms with Gasteiger partial charge in [-0.15, -0.1) is 0 Å². The van der Waals surface area contributed by atoms with Crippen LogP contribution in [-0.4, -0.2) is 48.6 Å². The molecule has 0 unspecified atom stereocenters. The number of hydrogen-bond donors (Lipinski definition) is 0. The van der Waals surface area contributed by atoms with Gasteiger partial charge in [-0.1, -0.05) is 31.5 Å². The maximum Gasteiger partial charge on any atom is 0.267 e. The van der Waals surface area contributed by atoms with Gasteiger partial charge >= 0.3 is 0 Å². The van der Waals surface area contributed by atoms with Crippen LogP contribution in [-0.2, 0) is 19.6 Å². The van der Waals surface area contributed by atoms with Crippen LogP contribution in [0.15, 0.2) is 29.2 Å². The molecule has 1 fully saturated rings. The number of hydrogen-bond acceptors (Lipinski definition) is 4. The monoisotopic (exact) mass is 366 g/mol. The third-order valence-electron chi connectivity index (χ3n) is 4.32. The van der Waals surface area contributed by atoms with E-state index in [1.165, 1.54) is 12.1 Å². The molecule has 1 aliphatic rings. The van der Waals surface area contributed by atoms with Gasteiger partial charge in [0.2, 0.25) is 11.8 Å². The van der Waals surface area contributed by atoms with E-state index in [0.29, 0.717) is 13.1 Å². The van der Waals surface area contributed by atoms with Gasteiger partial charge in [-0.05, 0) is 38.3 Å². The SMILES string of the molecule is CCCN(CCC)C(=O)[C@@H]1CCC(=O)N1S(=O)(=O)c1ccc(C)cc1. The van der Waals surface area contributed by atoms with Crippen molar-refractivity contribution in [2.75, 3.05) is 13.1 Å². The first kappa shape index (κ1) is 19.4. The average Bonchev–Trinajstić information content (AvgIpc) is 2.97. The summed E-state index contributed by atoms with van der Waals surface area (Å²) >= 11 is 0. The fourth-order valence-corrected chi connectivity index (χ4v) is 4.69. The molecule has 1 aromatic carbocycles.